The van der Waals surface area contributed by atoms with E-state index in [9.17, 15) is 0 Å². The highest BCUT2D eigenvalue weighted by molar-refractivity contribution is 5.75. The Bertz CT molecular complexity index is 854. The first-order chi connectivity index (χ1) is 11.7. The van der Waals surface area contributed by atoms with Crippen molar-refractivity contribution in [1.29, 1.82) is 0 Å². The first-order valence-electron chi connectivity index (χ1n) is 7.45. The van der Waals surface area contributed by atoms with Crippen molar-refractivity contribution in [3.05, 3.63) is 59.4 Å². The summed E-state index contributed by atoms with van der Waals surface area (Å²) in [7, 11) is 3.13. The first kappa shape index (κ1) is 16.0. The molecule has 1 aromatic carbocycles. The number of imidazole rings is 1. The number of hydrogen-bond donors (Lipinski definition) is 1. The molecule has 0 aliphatic heterocycles. The number of pyridine rings is 1. The molecular weight excluding hydrogens is 306 g/mol. The minimum atomic E-state index is 0.358. The van der Waals surface area contributed by atoms with Gasteiger partial charge in [0.1, 0.15) is 29.5 Å². The van der Waals surface area contributed by atoms with Gasteiger partial charge in [-0.1, -0.05) is 18.2 Å². The number of rotatable bonds is 6. The lowest BCUT2D eigenvalue weighted by Crippen LogP contribution is -1.96. The third kappa shape index (κ3) is 3.40. The van der Waals surface area contributed by atoms with Gasteiger partial charge in [-0.25, -0.2) is 14.8 Å². The number of nitrogens with zero attached hydrogens (tertiary/aromatic N) is 2. The van der Waals surface area contributed by atoms with Crippen LogP contribution in [0.25, 0.3) is 17.8 Å². The summed E-state index contributed by atoms with van der Waals surface area (Å²) in [6, 6.07) is 11.6. The lowest BCUT2D eigenvalue weighted by Gasteiger charge is -2.01. The molecule has 0 aliphatic carbocycles. The van der Waals surface area contributed by atoms with E-state index in [-0.39, 0.29) is 0 Å². The molecule has 0 saturated carbocycles. The molecule has 6 nitrogen and oxygen atoms in total. The van der Waals surface area contributed by atoms with Crippen LogP contribution in [0.5, 0.6) is 5.75 Å². The van der Waals surface area contributed by atoms with Crippen molar-refractivity contribution in [2.75, 3.05) is 20.0 Å². The Balaban J connectivity index is 1.85. The van der Waals surface area contributed by atoms with Crippen LogP contribution in [-0.2, 0) is 16.4 Å². The smallest absolute Gasteiger partial charge is 0.139 e. The molecule has 0 saturated heterocycles. The lowest BCUT2D eigenvalue weighted by atomic mass is 10.2. The summed E-state index contributed by atoms with van der Waals surface area (Å²) in [4.78, 5) is 14.1. The van der Waals surface area contributed by atoms with Gasteiger partial charge < -0.3 is 10.5 Å². The van der Waals surface area contributed by atoms with E-state index in [0.29, 0.717) is 12.4 Å². The van der Waals surface area contributed by atoms with Crippen LogP contribution in [0.4, 0.5) is 5.82 Å². The van der Waals surface area contributed by atoms with E-state index in [4.69, 9.17) is 15.4 Å². The summed E-state index contributed by atoms with van der Waals surface area (Å²) in [5, 5.41) is 0. The molecule has 3 aromatic rings. The van der Waals surface area contributed by atoms with Crippen LogP contribution in [0.1, 0.15) is 16.8 Å². The van der Waals surface area contributed by atoms with Gasteiger partial charge in [0, 0.05) is 6.20 Å². The second kappa shape index (κ2) is 7.16. The number of methoxy groups -OCH3 is 1. The molecule has 0 radical (unpaired) electrons. The molecule has 0 unspecified atom stereocenters. The van der Waals surface area contributed by atoms with E-state index in [1.807, 2.05) is 59.1 Å². The average Bonchev–Trinajstić information content (AvgIpc) is 2.94. The van der Waals surface area contributed by atoms with Crippen LogP contribution in [-0.4, -0.2) is 23.6 Å². The predicted molar refractivity (Wildman–Crippen MR) is 93.3 cm³/mol. The molecule has 3 rings (SSSR count). The number of benzene rings is 1. The third-order valence-electron chi connectivity index (χ3n) is 3.65. The van der Waals surface area contributed by atoms with E-state index in [1.54, 1.807) is 7.11 Å². The van der Waals surface area contributed by atoms with Gasteiger partial charge in [-0.2, -0.15) is 0 Å². The fraction of sp³-hybridized carbons (Fsp3) is 0.167. The second-order valence-electron chi connectivity index (χ2n) is 5.18. The highest BCUT2D eigenvalue weighted by Gasteiger charge is 2.07. The Morgan fingerprint density at radius 3 is 2.62 bits per heavy atom. The van der Waals surface area contributed by atoms with Crippen molar-refractivity contribution < 1.29 is 14.5 Å². The Labute approximate surface area is 140 Å². The van der Waals surface area contributed by atoms with Gasteiger partial charge in [0.05, 0.1) is 14.2 Å². The van der Waals surface area contributed by atoms with Gasteiger partial charge in [0.15, 0.2) is 0 Å². The topological polar surface area (TPSA) is 71.0 Å². The van der Waals surface area contributed by atoms with Crippen molar-refractivity contribution in [1.82, 2.24) is 9.38 Å². The van der Waals surface area contributed by atoms with E-state index in [2.05, 4.69) is 9.87 Å². The number of fused-ring (bicyclic) bond motifs is 1. The van der Waals surface area contributed by atoms with Crippen molar-refractivity contribution in [2.24, 2.45) is 0 Å². The molecule has 0 atom stereocenters. The van der Waals surface area contributed by atoms with Crippen LogP contribution < -0.4 is 10.5 Å². The van der Waals surface area contributed by atoms with Gasteiger partial charge in [-0.05, 0) is 41.5 Å². The molecule has 0 fully saturated rings. The SMILES string of the molecule is COOCc1ccn2c(N)c(/C=C/c3ccc(OC)cc3)nc2c1. The molecule has 6 heteroatoms. The van der Waals surface area contributed by atoms with Gasteiger partial charge in [-0.3, -0.25) is 4.40 Å². The fourth-order valence-electron chi connectivity index (χ4n) is 2.35. The maximum Gasteiger partial charge on any atom is 0.139 e. The van der Waals surface area contributed by atoms with Crippen molar-refractivity contribution in [3.63, 3.8) is 0 Å². The quantitative estimate of drug-likeness (QED) is 0.557. The molecule has 0 aliphatic rings. The third-order valence-corrected chi connectivity index (χ3v) is 3.65. The summed E-state index contributed by atoms with van der Waals surface area (Å²) in [6.07, 6.45) is 5.73. The van der Waals surface area contributed by atoms with Crippen LogP contribution in [0.2, 0.25) is 0 Å². The number of nitrogen functional groups attached to an aromatic ring is 1. The zero-order valence-corrected chi connectivity index (χ0v) is 13.6. The fourth-order valence-corrected chi connectivity index (χ4v) is 2.35. The molecule has 2 aromatic heterocycles. The molecule has 0 spiro atoms. The van der Waals surface area contributed by atoms with E-state index in [1.165, 1.54) is 7.11 Å². The van der Waals surface area contributed by atoms with Crippen molar-refractivity contribution in [2.45, 2.75) is 6.61 Å². The van der Waals surface area contributed by atoms with Gasteiger partial charge in [0.25, 0.3) is 0 Å². The molecule has 2 N–H and O–H groups in total. The Kier molecular flexibility index (Phi) is 4.79. The minimum absolute atomic E-state index is 0.358. The van der Waals surface area contributed by atoms with Crippen LogP contribution in [0.15, 0.2) is 42.6 Å². The monoisotopic (exact) mass is 325 g/mol. The van der Waals surface area contributed by atoms with Gasteiger partial charge in [0.2, 0.25) is 0 Å². The van der Waals surface area contributed by atoms with Crippen molar-refractivity contribution >= 4 is 23.6 Å². The van der Waals surface area contributed by atoms with Gasteiger partial charge in [-0.15, -0.1) is 0 Å². The van der Waals surface area contributed by atoms with Crippen LogP contribution >= 0.6 is 0 Å². The highest BCUT2D eigenvalue weighted by Crippen LogP contribution is 2.20. The van der Waals surface area contributed by atoms with Crippen LogP contribution in [0, 0.1) is 0 Å². The molecular formula is C18H19N3O3. The number of aromatic nitrogens is 2. The summed E-state index contributed by atoms with van der Waals surface area (Å²) in [6.45, 7) is 0.358. The zero-order chi connectivity index (χ0) is 16.9. The van der Waals surface area contributed by atoms with E-state index in [0.717, 1.165) is 28.2 Å². The molecule has 124 valence electrons. The lowest BCUT2D eigenvalue weighted by molar-refractivity contribution is -0.282. The highest BCUT2D eigenvalue weighted by atomic mass is 17.2. The average molecular weight is 325 g/mol. The summed E-state index contributed by atoms with van der Waals surface area (Å²) >= 11 is 0. The number of hydrogen-bond acceptors (Lipinski definition) is 5. The Morgan fingerprint density at radius 2 is 1.92 bits per heavy atom. The first-order valence-corrected chi connectivity index (χ1v) is 7.45. The minimum Gasteiger partial charge on any atom is -0.497 e. The largest absolute Gasteiger partial charge is 0.497 e. The Hall–Kier alpha value is -2.83. The summed E-state index contributed by atoms with van der Waals surface area (Å²) in [5.74, 6) is 1.42. The number of nitrogens with two attached hydrogens (primary N) is 1. The number of anilines is 1. The summed E-state index contributed by atoms with van der Waals surface area (Å²) in [5.41, 5.74) is 9.65. The number of ether oxygens (including phenoxy) is 1. The second-order valence-corrected chi connectivity index (χ2v) is 5.18. The van der Waals surface area contributed by atoms with Crippen molar-refractivity contribution in [3.8, 4) is 5.75 Å². The maximum atomic E-state index is 6.17. The van der Waals surface area contributed by atoms with Gasteiger partial charge >= 0.3 is 0 Å². The molecule has 24 heavy (non-hydrogen) atoms. The maximum absolute atomic E-state index is 6.17. The van der Waals surface area contributed by atoms with E-state index < -0.39 is 0 Å². The summed E-state index contributed by atoms with van der Waals surface area (Å²) < 4.78 is 6.99. The molecule has 0 amide bonds. The zero-order valence-electron chi connectivity index (χ0n) is 13.6. The molecule has 0 bridgehead atoms. The predicted octanol–water partition coefficient (Wildman–Crippen LogP) is 3.17. The van der Waals surface area contributed by atoms with Crippen LogP contribution in [0.3, 0.4) is 0 Å². The standard InChI is InChI=1S/C18H19N3O3/c1-22-15-6-3-13(4-7-15)5-8-16-18(19)21-10-9-14(12-24-23-2)11-17(21)20-16/h3-11H,12,19H2,1-2H3/b8-5+. The molecule has 2 heterocycles. The Morgan fingerprint density at radius 1 is 1.12 bits per heavy atom. The normalized spacial score (nSPS) is 11.4. The van der Waals surface area contributed by atoms with E-state index >= 15 is 0 Å².